The molecule has 20 heavy (non-hydrogen) atoms. The average Bonchev–Trinajstić information content (AvgIpc) is 2.44. The zero-order chi connectivity index (χ0) is 14.4. The van der Waals surface area contributed by atoms with Gasteiger partial charge in [0.2, 0.25) is 0 Å². The lowest BCUT2D eigenvalue weighted by atomic mass is 10.1. The Morgan fingerprint density at radius 1 is 1.30 bits per heavy atom. The number of benzene rings is 1. The van der Waals surface area contributed by atoms with E-state index in [1.165, 1.54) is 26.2 Å². The van der Waals surface area contributed by atoms with E-state index in [1.54, 1.807) is 9.80 Å². The molecule has 0 radical (unpaired) electrons. The molecule has 1 heterocycles. The van der Waals surface area contributed by atoms with Gasteiger partial charge in [-0.05, 0) is 30.2 Å². The topological polar surface area (TPSA) is 18.1 Å². The molecule has 3 nitrogen and oxygen atoms in total. The number of allylic oxidation sites excluding steroid dienone is 1. The van der Waals surface area contributed by atoms with Crippen LogP contribution in [0.3, 0.4) is 0 Å². The Labute approximate surface area is 126 Å². The van der Waals surface area contributed by atoms with Gasteiger partial charge in [0.25, 0.3) is 0 Å². The molecule has 0 bridgehead atoms. The second-order valence-corrected chi connectivity index (χ2v) is 5.99. The van der Waals surface area contributed by atoms with Gasteiger partial charge in [0, 0.05) is 5.02 Å². The van der Waals surface area contributed by atoms with Gasteiger partial charge in [-0.2, -0.15) is 0 Å². The maximum Gasteiger partial charge on any atom is 0.137 e. The molecule has 110 valence electrons. The molecule has 0 amide bonds. The molecule has 0 spiro atoms. The van der Waals surface area contributed by atoms with E-state index in [-0.39, 0.29) is 0 Å². The lowest BCUT2D eigenvalue weighted by Gasteiger charge is -2.27. The van der Waals surface area contributed by atoms with Crippen LogP contribution in [-0.4, -0.2) is 46.4 Å². The van der Waals surface area contributed by atoms with Gasteiger partial charge in [0.1, 0.15) is 45.1 Å². The van der Waals surface area contributed by atoms with Crippen molar-refractivity contribution in [1.82, 2.24) is 0 Å². The van der Waals surface area contributed by atoms with E-state index >= 15 is 0 Å². The number of piperazine rings is 1. The van der Waals surface area contributed by atoms with Crippen molar-refractivity contribution in [1.29, 1.82) is 0 Å². The SMILES string of the molecule is C=CCc1cc(Cl)ccc1OCC[NH+]1CC[NH+](C)CC1. The van der Waals surface area contributed by atoms with Crippen LogP contribution in [0.1, 0.15) is 5.56 Å². The molecule has 1 saturated heterocycles. The van der Waals surface area contributed by atoms with Gasteiger partial charge in [-0.15, -0.1) is 6.58 Å². The van der Waals surface area contributed by atoms with E-state index in [4.69, 9.17) is 16.3 Å². The summed E-state index contributed by atoms with van der Waals surface area (Å²) in [4.78, 5) is 3.29. The Morgan fingerprint density at radius 3 is 2.75 bits per heavy atom. The molecule has 0 atom stereocenters. The molecule has 1 aromatic carbocycles. The van der Waals surface area contributed by atoms with Crippen molar-refractivity contribution < 1.29 is 14.5 Å². The number of rotatable bonds is 6. The van der Waals surface area contributed by atoms with E-state index in [9.17, 15) is 0 Å². The normalized spacial score (nSPS) is 22.5. The van der Waals surface area contributed by atoms with Crippen molar-refractivity contribution in [2.45, 2.75) is 6.42 Å². The molecular formula is C16H25ClN2O+2. The highest BCUT2D eigenvalue weighted by atomic mass is 35.5. The monoisotopic (exact) mass is 296 g/mol. The maximum absolute atomic E-state index is 6.03. The Balaban J connectivity index is 1.83. The summed E-state index contributed by atoms with van der Waals surface area (Å²) < 4.78 is 5.94. The fourth-order valence-electron chi connectivity index (χ4n) is 2.59. The molecule has 0 aliphatic carbocycles. The predicted molar refractivity (Wildman–Crippen MR) is 83.0 cm³/mol. The summed E-state index contributed by atoms with van der Waals surface area (Å²) in [6.45, 7) is 10.6. The van der Waals surface area contributed by atoms with Crippen LogP contribution in [0.2, 0.25) is 5.02 Å². The summed E-state index contributed by atoms with van der Waals surface area (Å²) >= 11 is 6.03. The summed E-state index contributed by atoms with van der Waals surface area (Å²) in [5.41, 5.74) is 1.12. The molecule has 4 heteroatoms. The standard InChI is InChI=1S/C16H23ClN2O/c1-3-4-14-13-15(17)5-6-16(14)20-12-11-19-9-7-18(2)8-10-19/h3,5-6,13H,1,4,7-12H2,2H3/p+2. The molecule has 0 saturated carbocycles. The fraction of sp³-hybridized carbons (Fsp3) is 0.500. The number of ether oxygens (including phenoxy) is 1. The lowest BCUT2D eigenvalue weighted by Crippen LogP contribution is -3.27. The zero-order valence-corrected chi connectivity index (χ0v) is 13.0. The second-order valence-electron chi connectivity index (χ2n) is 5.55. The highest BCUT2D eigenvalue weighted by Crippen LogP contribution is 2.23. The first-order chi connectivity index (χ1) is 9.69. The van der Waals surface area contributed by atoms with Crippen LogP contribution in [-0.2, 0) is 6.42 Å². The molecular weight excluding hydrogens is 272 g/mol. The van der Waals surface area contributed by atoms with Gasteiger partial charge >= 0.3 is 0 Å². The largest absolute Gasteiger partial charge is 0.487 e. The van der Waals surface area contributed by atoms with Crippen molar-refractivity contribution in [2.24, 2.45) is 0 Å². The van der Waals surface area contributed by atoms with Gasteiger partial charge in [0.05, 0.1) is 7.05 Å². The third-order valence-electron chi connectivity index (χ3n) is 3.91. The summed E-state index contributed by atoms with van der Waals surface area (Å²) in [7, 11) is 2.27. The molecule has 1 aliphatic rings. The zero-order valence-electron chi connectivity index (χ0n) is 12.3. The molecule has 1 aliphatic heterocycles. The van der Waals surface area contributed by atoms with Gasteiger partial charge < -0.3 is 14.5 Å². The lowest BCUT2D eigenvalue weighted by molar-refractivity contribution is -1.00. The van der Waals surface area contributed by atoms with E-state index in [1.807, 2.05) is 24.3 Å². The van der Waals surface area contributed by atoms with Crippen LogP contribution >= 0.6 is 11.6 Å². The van der Waals surface area contributed by atoms with Crippen LogP contribution in [0, 0.1) is 0 Å². The van der Waals surface area contributed by atoms with Gasteiger partial charge in [-0.1, -0.05) is 17.7 Å². The predicted octanol–water partition coefficient (Wildman–Crippen LogP) is -0.139. The number of nitrogens with one attached hydrogen (secondary N) is 2. The molecule has 0 unspecified atom stereocenters. The Bertz CT molecular complexity index is 442. The fourth-order valence-corrected chi connectivity index (χ4v) is 2.78. The van der Waals surface area contributed by atoms with Crippen molar-refractivity contribution in [2.75, 3.05) is 46.4 Å². The third kappa shape index (κ3) is 4.51. The van der Waals surface area contributed by atoms with Crippen LogP contribution in [0.5, 0.6) is 5.75 Å². The van der Waals surface area contributed by atoms with Crippen molar-refractivity contribution >= 4 is 11.6 Å². The Morgan fingerprint density at radius 2 is 2.05 bits per heavy atom. The minimum Gasteiger partial charge on any atom is -0.487 e. The first kappa shape index (κ1) is 15.4. The smallest absolute Gasteiger partial charge is 0.137 e. The third-order valence-corrected chi connectivity index (χ3v) is 4.15. The van der Waals surface area contributed by atoms with Crippen LogP contribution in [0.4, 0.5) is 0 Å². The van der Waals surface area contributed by atoms with E-state index in [0.717, 1.165) is 35.9 Å². The molecule has 2 N–H and O–H groups in total. The Hall–Kier alpha value is -1.03. The van der Waals surface area contributed by atoms with E-state index < -0.39 is 0 Å². The highest BCUT2D eigenvalue weighted by Gasteiger charge is 2.19. The van der Waals surface area contributed by atoms with Crippen LogP contribution in [0.25, 0.3) is 0 Å². The molecule has 1 aromatic rings. The maximum atomic E-state index is 6.03. The molecule has 1 fully saturated rings. The number of hydrogen-bond acceptors (Lipinski definition) is 1. The summed E-state index contributed by atoms with van der Waals surface area (Å²) in [6, 6.07) is 5.81. The van der Waals surface area contributed by atoms with E-state index in [2.05, 4.69) is 13.6 Å². The van der Waals surface area contributed by atoms with Crippen LogP contribution < -0.4 is 14.5 Å². The van der Waals surface area contributed by atoms with Crippen molar-refractivity contribution in [3.63, 3.8) is 0 Å². The summed E-state index contributed by atoms with van der Waals surface area (Å²) in [5.74, 6) is 0.938. The first-order valence-electron chi connectivity index (χ1n) is 7.36. The van der Waals surface area contributed by atoms with E-state index in [0.29, 0.717) is 0 Å². The minimum absolute atomic E-state index is 0.752. The first-order valence-corrected chi connectivity index (χ1v) is 7.74. The number of halogens is 1. The minimum atomic E-state index is 0.752. The number of likely N-dealkylation sites (N-methyl/N-ethyl adjacent to an activating group) is 1. The van der Waals surface area contributed by atoms with Crippen molar-refractivity contribution in [3.8, 4) is 5.75 Å². The number of quaternary nitrogens is 2. The second kappa shape index (κ2) is 7.67. The number of hydrogen-bond donors (Lipinski definition) is 2. The highest BCUT2D eigenvalue weighted by molar-refractivity contribution is 6.30. The quantitative estimate of drug-likeness (QED) is 0.700. The van der Waals surface area contributed by atoms with Gasteiger partial charge in [-0.25, -0.2) is 0 Å². The molecule has 0 aromatic heterocycles. The van der Waals surface area contributed by atoms with Gasteiger partial charge in [-0.3, -0.25) is 0 Å². The average molecular weight is 297 g/mol. The van der Waals surface area contributed by atoms with Crippen LogP contribution in [0.15, 0.2) is 30.9 Å². The Kier molecular flexibility index (Phi) is 5.89. The molecule has 2 rings (SSSR count). The van der Waals surface area contributed by atoms with Crippen molar-refractivity contribution in [3.05, 3.63) is 41.4 Å². The summed E-state index contributed by atoms with van der Waals surface area (Å²) in [5, 5.41) is 0.752. The summed E-state index contributed by atoms with van der Waals surface area (Å²) in [6.07, 6.45) is 2.67. The van der Waals surface area contributed by atoms with Gasteiger partial charge in [0.15, 0.2) is 0 Å².